The van der Waals surface area contributed by atoms with Crippen molar-refractivity contribution >= 4 is 27.3 Å². The number of sulfonamides is 1. The van der Waals surface area contributed by atoms with Crippen LogP contribution >= 0.6 is 0 Å². The number of nitrogens with one attached hydrogen (secondary N) is 1. The molecule has 34 heavy (non-hydrogen) atoms. The number of nitrogens with zero attached hydrogens (tertiary/aromatic N) is 1. The summed E-state index contributed by atoms with van der Waals surface area (Å²) in [6.45, 7) is 2.95. The Morgan fingerprint density at radius 3 is 2.12 bits per heavy atom. The molecule has 0 aliphatic carbocycles. The third-order valence-electron chi connectivity index (χ3n) is 4.96. The van der Waals surface area contributed by atoms with Gasteiger partial charge in [-0.15, -0.1) is 0 Å². The summed E-state index contributed by atoms with van der Waals surface area (Å²) in [5.41, 5.74) is 1.95. The Morgan fingerprint density at radius 2 is 1.56 bits per heavy atom. The van der Waals surface area contributed by atoms with Crippen molar-refractivity contribution in [3.05, 3.63) is 78.4 Å². The Morgan fingerprint density at radius 1 is 0.971 bits per heavy atom. The monoisotopic (exact) mass is 484 g/mol. The molecular weight excluding hydrogens is 456 g/mol. The van der Waals surface area contributed by atoms with Crippen LogP contribution in [0.5, 0.6) is 11.5 Å². The fourth-order valence-corrected chi connectivity index (χ4v) is 4.70. The van der Waals surface area contributed by atoms with Gasteiger partial charge in [-0.1, -0.05) is 17.7 Å². The molecule has 0 aliphatic heterocycles. The normalized spacial score (nSPS) is 12.0. The molecule has 3 aromatic rings. The van der Waals surface area contributed by atoms with Gasteiger partial charge in [-0.25, -0.2) is 8.42 Å². The molecule has 1 amide bonds. The van der Waals surface area contributed by atoms with Crippen LogP contribution in [0, 0.1) is 6.92 Å². The van der Waals surface area contributed by atoms with Gasteiger partial charge in [-0.2, -0.15) is 0 Å². The van der Waals surface area contributed by atoms with Crippen LogP contribution in [0.15, 0.2) is 77.7 Å². The Labute approximate surface area is 199 Å². The second-order valence-corrected chi connectivity index (χ2v) is 9.58. The molecule has 0 heterocycles. The van der Waals surface area contributed by atoms with Crippen molar-refractivity contribution in [3.63, 3.8) is 0 Å². The molecule has 0 saturated heterocycles. The lowest BCUT2D eigenvalue weighted by Crippen LogP contribution is -2.39. The van der Waals surface area contributed by atoms with E-state index >= 15 is 0 Å². The maximum atomic E-state index is 13.4. The lowest BCUT2D eigenvalue weighted by molar-refractivity contribution is -0.114. The summed E-state index contributed by atoms with van der Waals surface area (Å²) >= 11 is 0. The summed E-state index contributed by atoms with van der Waals surface area (Å²) in [6, 6.07) is 19.8. The van der Waals surface area contributed by atoms with Crippen LogP contribution < -0.4 is 19.1 Å². The van der Waals surface area contributed by atoms with Crippen molar-refractivity contribution in [2.75, 3.05) is 29.9 Å². The lowest BCUT2D eigenvalue weighted by atomic mass is 10.2. The number of methoxy groups -OCH3 is 1. The first-order valence-corrected chi connectivity index (χ1v) is 12.0. The van der Waals surface area contributed by atoms with Crippen LogP contribution in [0.1, 0.15) is 12.5 Å². The molecule has 180 valence electrons. The van der Waals surface area contributed by atoms with E-state index in [1.165, 1.54) is 14.0 Å². The minimum atomic E-state index is -3.95. The summed E-state index contributed by atoms with van der Waals surface area (Å²) in [4.78, 5) is 11.3. The zero-order valence-electron chi connectivity index (χ0n) is 19.3. The zero-order valence-corrected chi connectivity index (χ0v) is 20.1. The number of rotatable bonds is 10. The number of hydrogen-bond acceptors (Lipinski definition) is 6. The number of ether oxygens (including phenoxy) is 2. The SMILES string of the molecule is COc1ccc(N(CC(O)COc2ccc(NC(C)=O)cc2)S(=O)(=O)c2ccc(C)cc2)cc1. The van der Waals surface area contributed by atoms with Gasteiger partial charge in [0, 0.05) is 12.6 Å². The molecular formula is C25H28N2O6S. The number of benzene rings is 3. The molecule has 9 heteroatoms. The standard InChI is InChI=1S/C25H28N2O6S/c1-18-4-14-25(15-5-18)34(30,31)27(21-8-12-23(32-3)13-9-21)16-22(29)17-33-24-10-6-20(7-11-24)26-19(2)28/h4-15,22,29H,16-17H2,1-3H3,(H,26,28). The molecule has 2 N–H and O–H groups in total. The molecule has 3 aromatic carbocycles. The number of amides is 1. The molecule has 0 fully saturated rings. The summed E-state index contributed by atoms with van der Waals surface area (Å²) in [5, 5.41) is 13.3. The summed E-state index contributed by atoms with van der Waals surface area (Å²) in [5.74, 6) is 0.881. The third kappa shape index (κ3) is 6.49. The average molecular weight is 485 g/mol. The maximum Gasteiger partial charge on any atom is 0.264 e. The molecule has 0 spiro atoms. The highest BCUT2D eigenvalue weighted by molar-refractivity contribution is 7.92. The Hall–Kier alpha value is -3.56. The van der Waals surface area contributed by atoms with E-state index in [0.717, 1.165) is 9.87 Å². The highest BCUT2D eigenvalue weighted by atomic mass is 32.2. The van der Waals surface area contributed by atoms with Crippen molar-refractivity contribution in [2.24, 2.45) is 0 Å². The van der Waals surface area contributed by atoms with Crippen LogP contribution in [-0.4, -0.2) is 45.8 Å². The number of anilines is 2. The quantitative estimate of drug-likeness (QED) is 0.456. The van der Waals surface area contributed by atoms with Crippen LogP contribution in [0.3, 0.4) is 0 Å². The van der Waals surface area contributed by atoms with Crippen molar-refractivity contribution in [3.8, 4) is 11.5 Å². The van der Waals surface area contributed by atoms with Crippen molar-refractivity contribution in [1.82, 2.24) is 0 Å². The lowest BCUT2D eigenvalue weighted by Gasteiger charge is -2.27. The molecule has 1 unspecified atom stereocenters. The van der Waals surface area contributed by atoms with Gasteiger partial charge < -0.3 is 19.9 Å². The Balaban J connectivity index is 1.77. The van der Waals surface area contributed by atoms with Gasteiger partial charge in [0.25, 0.3) is 10.0 Å². The van der Waals surface area contributed by atoms with E-state index in [2.05, 4.69) is 5.32 Å². The fraction of sp³-hybridized carbons (Fsp3) is 0.240. The molecule has 0 bridgehead atoms. The van der Waals surface area contributed by atoms with E-state index in [0.29, 0.717) is 22.9 Å². The minimum absolute atomic E-state index is 0.121. The van der Waals surface area contributed by atoms with Gasteiger partial charge in [0.05, 0.1) is 24.2 Å². The molecule has 0 aromatic heterocycles. The molecule has 0 saturated carbocycles. The maximum absolute atomic E-state index is 13.4. The largest absolute Gasteiger partial charge is 0.497 e. The predicted octanol–water partition coefficient (Wildman–Crippen LogP) is 3.60. The van der Waals surface area contributed by atoms with E-state index in [-0.39, 0.29) is 24.0 Å². The van der Waals surface area contributed by atoms with E-state index < -0.39 is 16.1 Å². The molecule has 1 atom stereocenters. The van der Waals surface area contributed by atoms with E-state index in [4.69, 9.17) is 9.47 Å². The van der Waals surface area contributed by atoms with Crippen LogP contribution in [-0.2, 0) is 14.8 Å². The van der Waals surface area contributed by atoms with E-state index in [1.54, 1.807) is 72.8 Å². The fourth-order valence-electron chi connectivity index (χ4n) is 3.20. The third-order valence-corrected chi connectivity index (χ3v) is 6.77. The van der Waals surface area contributed by atoms with E-state index in [9.17, 15) is 18.3 Å². The first kappa shape index (κ1) is 25.1. The predicted molar refractivity (Wildman–Crippen MR) is 131 cm³/mol. The molecule has 0 radical (unpaired) electrons. The van der Waals surface area contributed by atoms with Crippen molar-refractivity contribution in [2.45, 2.75) is 24.8 Å². The van der Waals surface area contributed by atoms with Crippen molar-refractivity contribution in [1.29, 1.82) is 0 Å². The average Bonchev–Trinajstić information content (AvgIpc) is 2.82. The van der Waals surface area contributed by atoms with Crippen molar-refractivity contribution < 1.29 is 27.8 Å². The van der Waals surface area contributed by atoms with Crippen LogP contribution in [0.25, 0.3) is 0 Å². The smallest absolute Gasteiger partial charge is 0.264 e. The summed E-state index contributed by atoms with van der Waals surface area (Å²) in [6.07, 6.45) is -1.11. The first-order chi connectivity index (χ1) is 16.2. The topological polar surface area (TPSA) is 105 Å². The number of carbonyl (C=O) groups excluding carboxylic acids is 1. The second kappa shape index (κ2) is 11.0. The molecule has 3 rings (SSSR count). The number of hydrogen-bond donors (Lipinski definition) is 2. The first-order valence-electron chi connectivity index (χ1n) is 10.6. The highest BCUT2D eigenvalue weighted by Crippen LogP contribution is 2.26. The zero-order chi connectivity index (χ0) is 24.7. The number of aryl methyl sites for hydroxylation is 1. The number of carbonyl (C=O) groups is 1. The second-order valence-electron chi connectivity index (χ2n) is 7.72. The van der Waals surface area contributed by atoms with Gasteiger partial charge in [0.1, 0.15) is 24.2 Å². The summed E-state index contributed by atoms with van der Waals surface area (Å²) < 4.78 is 38.8. The van der Waals surface area contributed by atoms with Gasteiger partial charge in [0.15, 0.2) is 0 Å². The van der Waals surface area contributed by atoms with Gasteiger partial charge in [-0.3, -0.25) is 9.10 Å². The van der Waals surface area contributed by atoms with Gasteiger partial charge in [-0.05, 0) is 67.6 Å². The highest BCUT2D eigenvalue weighted by Gasteiger charge is 2.27. The molecule has 8 nitrogen and oxygen atoms in total. The Bertz CT molecular complexity index is 1190. The Kier molecular flexibility index (Phi) is 8.14. The molecule has 0 aliphatic rings. The number of aliphatic hydroxyl groups is 1. The van der Waals surface area contributed by atoms with Gasteiger partial charge >= 0.3 is 0 Å². The minimum Gasteiger partial charge on any atom is -0.497 e. The van der Waals surface area contributed by atoms with E-state index in [1.807, 2.05) is 6.92 Å². The van der Waals surface area contributed by atoms with Crippen LogP contribution in [0.4, 0.5) is 11.4 Å². The van der Waals surface area contributed by atoms with Crippen LogP contribution in [0.2, 0.25) is 0 Å². The number of aliphatic hydroxyl groups excluding tert-OH is 1. The van der Waals surface area contributed by atoms with Gasteiger partial charge in [0.2, 0.25) is 5.91 Å². The summed E-state index contributed by atoms with van der Waals surface area (Å²) in [7, 11) is -2.42.